The maximum Gasteiger partial charge on any atom is 0.498 e. The molecule has 2 saturated heterocycles. The van der Waals surface area contributed by atoms with E-state index in [0.29, 0.717) is 5.46 Å². The molecule has 2 fully saturated rings. The average molecular weight is 427 g/mol. The first-order chi connectivity index (χ1) is 13.4. The number of amides is 1. The molecule has 1 aromatic heterocycles. The van der Waals surface area contributed by atoms with E-state index < -0.39 is 52.0 Å². The third kappa shape index (κ3) is 4.04. The van der Waals surface area contributed by atoms with Gasteiger partial charge in [-0.2, -0.15) is 0 Å². The maximum atomic E-state index is 12.8. The lowest BCUT2D eigenvalue weighted by Crippen LogP contribution is -2.41. The van der Waals surface area contributed by atoms with Crippen LogP contribution in [-0.4, -0.2) is 88.8 Å². The molecule has 0 unspecified atom stereocenters. The number of aliphatic hydroxyl groups excluding tert-OH is 2. The van der Waals surface area contributed by atoms with Crippen LogP contribution in [0.25, 0.3) is 0 Å². The summed E-state index contributed by atoms with van der Waals surface area (Å²) in [6.45, 7) is 7.02. The molecule has 0 spiro atoms. The second-order valence-corrected chi connectivity index (χ2v) is 10.4. The average Bonchev–Trinajstić information content (AvgIpc) is 3.24. The molecule has 2 aliphatic heterocycles. The monoisotopic (exact) mass is 427 g/mol. The molecular formula is C17H26BN3O7S. The fraction of sp³-hybridized carbons (Fsp3) is 0.706. The van der Waals surface area contributed by atoms with E-state index in [1.807, 2.05) is 27.7 Å². The highest BCUT2D eigenvalue weighted by atomic mass is 32.2. The number of hydrogen-bond donors (Lipinski definition) is 2. The molecule has 2 aliphatic rings. The van der Waals surface area contributed by atoms with E-state index in [1.54, 1.807) is 0 Å². The van der Waals surface area contributed by atoms with Crippen LogP contribution in [0.3, 0.4) is 0 Å². The minimum atomic E-state index is -3.87. The second-order valence-electron chi connectivity index (χ2n) is 8.33. The van der Waals surface area contributed by atoms with Crippen molar-refractivity contribution in [2.75, 3.05) is 19.7 Å². The Kier molecular flexibility index (Phi) is 5.78. The van der Waals surface area contributed by atoms with Gasteiger partial charge in [-0.15, -0.1) is 0 Å². The number of sulfone groups is 1. The van der Waals surface area contributed by atoms with Crippen LogP contribution < -0.4 is 5.46 Å². The van der Waals surface area contributed by atoms with Crippen LogP contribution >= 0.6 is 0 Å². The molecule has 2 N–H and O–H groups in total. The lowest BCUT2D eigenvalue weighted by Gasteiger charge is -2.32. The molecule has 3 rings (SSSR count). The van der Waals surface area contributed by atoms with E-state index in [0.717, 1.165) is 0 Å². The second kappa shape index (κ2) is 7.58. The molecule has 1 amide bonds. The first-order valence-electron chi connectivity index (χ1n) is 9.38. The Morgan fingerprint density at radius 3 is 2.34 bits per heavy atom. The molecule has 160 valence electrons. The van der Waals surface area contributed by atoms with Crippen molar-refractivity contribution in [2.45, 2.75) is 61.8 Å². The molecule has 2 atom stereocenters. The van der Waals surface area contributed by atoms with Crippen LogP contribution in [-0.2, 0) is 23.9 Å². The number of carbonyl (C=O) groups excluding carboxylic acids is 1. The van der Waals surface area contributed by atoms with Crippen molar-refractivity contribution in [3.63, 3.8) is 0 Å². The van der Waals surface area contributed by atoms with E-state index in [1.165, 1.54) is 17.3 Å². The fourth-order valence-electron chi connectivity index (χ4n) is 3.19. The molecule has 0 aliphatic carbocycles. The first-order valence-corrected chi connectivity index (χ1v) is 10.9. The van der Waals surface area contributed by atoms with Crippen LogP contribution in [0.1, 0.15) is 34.1 Å². The molecule has 0 bridgehead atoms. The maximum absolute atomic E-state index is 12.8. The van der Waals surface area contributed by atoms with Crippen molar-refractivity contribution in [2.24, 2.45) is 0 Å². The topological polar surface area (TPSA) is 139 Å². The predicted molar refractivity (Wildman–Crippen MR) is 103 cm³/mol. The third-order valence-electron chi connectivity index (χ3n) is 5.78. The molecule has 0 saturated carbocycles. The van der Waals surface area contributed by atoms with Gasteiger partial charge in [-0.1, -0.05) is 0 Å². The third-order valence-corrected chi connectivity index (χ3v) is 7.76. The lowest BCUT2D eigenvalue weighted by molar-refractivity contribution is -0.140. The molecule has 12 heteroatoms. The summed E-state index contributed by atoms with van der Waals surface area (Å²) in [5, 5.41) is 17.1. The number of aromatic nitrogens is 2. The Hall–Kier alpha value is -1.60. The standard InChI is InChI=1S/C17H26BN3O7S/c1-16(2)17(3,4)28-18(27-16)11-7-19-15(20-8-11)29(25,26)12-5-6-21(9-12)14(24)13(23)10-22/h7-8,12-13,22-23H,5-6,9-10H2,1-4H3/t12-,13+/m1/s1. The molecular weight excluding hydrogens is 401 g/mol. The largest absolute Gasteiger partial charge is 0.498 e. The summed E-state index contributed by atoms with van der Waals surface area (Å²) in [5.41, 5.74) is -0.570. The Labute approximate surface area is 170 Å². The Bertz CT molecular complexity index is 860. The Morgan fingerprint density at radius 1 is 1.28 bits per heavy atom. The number of hydrogen-bond acceptors (Lipinski definition) is 9. The summed E-state index contributed by atoms with van der Waals surface area (Å²) in [6, 6.07) is 0. The number of carbonyl (C=O) groups is 1. The highest BCUT2D eigenvalue weighted by Gasteiger charge is 2.52. The van der Waals surface area contributed by atoms with Gasteiger partial charge >= 0.3 is 7.12 Å². The predicted octanol–water partition coefficient (Wildman–Crippen LogP) is -1.50. The summed E-state index contributed by atoms with van der Waals surface area (Å²) < 4.78 is 37.5. The van der Waals surface area contributed by atoms with Gasteiger partial charge in [0.15, 0.2) is 6.10 Å². The van der Waals surface area contributed by atoms with E-state index in [-0.39, 0.29) is 24.7 Å². The number of likely N-dealkylation sites (tertiary alicyclic amines) is 1. The highest BCUT2D eigenvalue weighted by molar-refractivity contribution is 7.91. The van der Waals surface area contributed by atoms with Crippen LogP contribution in [0.4, 0.5) is 0 Å². The fourth-order valence-corrected chi connectivity index (χ4v) is 4.68. The summed E-state index contributed by atoms with van der Waals surface area (Å²) in [4.78, 5) is 21.2. The smallest absolute Gasteiger partial charge is 0.399 e. The van der Waals surface area contributed by atoms with E-state index >= 15 is 0 Å². The zero-order valence-corrected chi connectivity index (χ0v) is 17.7. The molecule has 1 aromatic rings. The van der Waals surface area contributed by atoms with Crippen molar-refractivity contribution in [1.29, 1.82) is 0 Å². The zero-order valence-electron chi connectivity index (χ0n) is 16.9. The quantitative estimate of drug-likeness (QED) is 0.425. The van der Waals surface area contributed by atoms with Crippen LogP contribution in [0, 0.1) is 0 Å². The van der Waals surface area contributed by atoms with Gasteiger partial charge in [-0.25, -0.2) is 18.4 Å². The Morgan fingerprint density at radius 2 is 1.83 bits per heavy atom. The molecule has 10 nitrogen and oxygen atoms in total. The van der Waals surface area contributed by atoms with Crippen LogP contribution in [0.2, 0.25) is 0 Å². The normalized spacial score (nSPS) is 24.7. The van der Waals surface area contributed by atoms with Crippen LogP contribution in [0.15, 0.2) is 17.6 Å². The summed E-state index contributed by atoms with van der Waals surface area (Å²) in [5.74, 6) is -0.692. The summed E-state index contributed by atoms with van der Waals surface area (Å²) in [6.07, 6.45) is 1.39. The van der Waals surface area contributed by atoms with Crippen molar-refractivity contribution in [1.82, 2.24) is 14.9 Å². The van der Waals surface area contributed by atoms with Crippen molar-refractivity contribution in [3.05, 3.63) is 12.4 Å². The first kappa shape index (κ1) is 22.1. The van der Waals surface area contributed by atoms with Crippen LogP contribution in [0.5, 0.6) is 0 Å². The molecule has 29 heavy (non-hydrogen) atoms. The molecule has 0 radical (unpaired) electrons. The van der Waals surface area contributed by atoms with Crippen molar-refractivity contribution >= 4 is 28.3 Å². The summed E-state index contributed by atoms with van der Waals surface area (Å²) >= 11 is 0. The van der Waals surface area contributed by atoms with Gasteiger partial charge in [0, 0.05) is 30.9 Å². The van der Waals surface area contributed by atoms with Gasteiger partial charge in [0.25, 0.3) is 5.91 Å². The van der Waals surface area contributed by atoms with Gasteiger partial charge in [0.1, 0.15) is 0 Å². The van der Waals surface area contributed by atoms with Gasteiger partial charge in [0.05, 0.1) is 23.1 Å². The molecule has 3 heterocycles. The van der Waals surface area contributed by atoms with Gasteiger partial charge < -0.3 is 24.4 Å². The van der Waals surface area contributed by atoms with E-state index in [4.69, 9.17) is 14.4 Å². The molecule has 0 aromatic carbocycles. The minimum Gasteiger partial charge on any atom is -0.399 e. The SMILES string of the molecule is CC1(C)OB(c2cnc(S(=O)(=O)[C@@H]3CCN(C(=O)[C@@H](O)CO)C3)nc2)OC1(C)C. The summed E-state index contributed by atoms with van der Waals surface area (Å²) in [7, 11) is -4.56. The van der Waals surface area contributed by atoms with Gasteiger partial charge in [-0.05, 0) is 34.1 Å². The van der Waals surface area contributed by atoms with Gasteiger partial charge in [-0.3, -0.25) is 4.79 Å². The van der Waals surface area contributed by atoms with Gasteiger partial charge in [0.2, 0.25) is 15.0 Å². The minimum absolute atomic E-state index is 0.0828. The number of rotatable bonds is 5. The number of aliphatic hydroxyl groups is 2. The van der Waals surface area contributed by atoms with Crippen molar-refractivity contribution < 1.29 is 32.7 Å². The number of nitrogens with zero attached hydrogens (tertiary/aromatic N) is 3. The lowest BCUT2D eigenvalue weighted by atomic mass is 9.81. The highest BCUT2D eigenvalue weighted by Crippen LogP contribution is 2.36. The van der Waals surface area contributed by atoms with E-state index in [2.05, 4.69) is 9.97 Å². The Balaban J connectivity index is 1.72. The van der Waals surface area contributed by atoms with Crippen molar-refractivity contribution in [3.8, 4) is 0 Å². The van der Waals surface area contributed by atoms with E-state index in [9.17, 15) is 18.3 Å². The zero-order chi connectivity index (χ0) is 21.6.